The Morgan fingerprint density at radius 1 is 0.574 bits per heavy atom. The molecule has 4 heterocycles. The Bertz CT molecular complexity index is 1170. The fraction of sp³-hybridized carbons (Fsp3) is 0.967. The third kappa shape index (κ3) is 9.63. The fourth-order valence-electron chi connectivity index (χ4n) is 6.35. The van der Waals surface area contributed by atoms with Crippen molar-refractivity contribution in [2.24, 2.45) is 0 Å². The molecule has 0 spiro atoms. The largest absolute Gasteiger partial charge is 0.466 e. The zero-order valence-corrected chi connectivity index (χ0v) is 30.2. The highest BCUT2D eigenvalue weighted by Gasteiger charge is 2.55. The van der Waals surface area contributed by atoms with Gasteiger partial charge in [0.1, 0.15) is 97.7 Å². The SMILES string of the molecule is CCSC(C)(O[C@@H]1O[C@H](CO)[C@@H](O[C@H]2O[C@H](CO)[C@@H](O[C@H]3O[C@H](CO[C@H]4O[C@H](CO)[C@@H](O)[C@H](O)[C@H]4O)[C@@H](O)[C@H](O)[C@H]3O)[C@H](O)[C@H]2O)[C@H](O)[C@H]1O)C(=O)OC. The second-order valence-electron chi connectivity index (χ2n) is 13.1. The summed E-state index contributed by atoms with van der Waals surface area (Å²) in [5.41, 5.74) is 0. The number of carbonyl (C=O) groups excluding carboxylic acids is 1. The Hall–Kier alpha value is -1.02. The fourth-order valence-corrected chi connectivity index (χ4v) is 7.26. The topological polar surface area (TPSA) is 363 Å². The van der Waals surface area contributed by atoms with Gasteiger partial charge in [0.05, 0.1) is 33.5 Å². The minimum Gasteiger partial charge on any atom is -0.466 e. The van der Waals surface area contributed by atoms with Crippen LogP contribution >= 0.6 is 11.8 Å². The van der Waals surface area contributed by atoms with Gasteiger partial charge in [0, 0.05) is 0 Å². The first-order chi connectivity index (χ1) is 25.5. The van der Waals surface area contributed by atoms with E-state index in [2.05, 4.69) is 0 Å². The molecule has 23 nitrogen and oxygen atoms in total. The molecule has 1 unspecified atom stereocenters. The summed E-state index contributed by atoms with van der Waals surface area (Å²) in [7, 11) is 1.12. The van der Waals surface area contributed by atoms with E-state index in [1.165, 1.54) is 6.92 Å². The Kier molecular flexibility index (Phi) is 16.6. The summed E-state index contributed by atoms with van der Waals surface area (Å²) in [5, 5.41) is 136. The number of methoxy groups -OCH3 is 1. The van der Waals surface area contributed by atoms with Crippen LogP contribution in [0.4, 0.5) is 0 Å². The third-order valence-electron chi connectivity index (χ3n) is 9.48. The van der Waals surface area contributed by atoms with Crippen molar-refractivity contribution in [3.63, 3.8) is 0 Å². The van der Waals surface area contributed by atoms with E-state index in [0.717, 1.165) is 18.9 Å². The lowest BCUT2D eigenvalue weighted by atomic mass is 9.96. The Morgan fingerprint density at radius 2 is 0.981 bits per heavy atom. The second kappa shape index (κ2) is 19.6. The van der Waals surface area contributed by atoms with Crippen LogP contribution in [-0.4, -0.2) is 239 Å². The molecule has 4 saturated heterocycles. The summed E-state index contributed by atoms with van der Waals surface area (Å²) in [4.78, 5) is 10.7. The third-order valence-corrected chi connectivity index (χ3v) is 10.6. The van der Waals surface area contributed by atoms with Gasteiger partial charge < -0.3 is 109 Å². The van der Waals surface area contributed by atoms with Crippen molar-refractivity contribution < 1.29 is 114 Å². The molecular formula is C30H52O23S. The number of hydrogen-bond donors (Lipinski definition) is 13. The summed E-state index contributed by atoms with van der Waals surface area (Å²) < 4.78 is 49.2. The molecule has 316 valence electrons. The number of aliphatic hydroxyl groups is 13. The van der Waals surface area contributed by atoms with Crippen LogP contribution in [0.25, 0.3) is 0 Å². The molecule has 0 saturated carbocycles. The molecule has 4 fully saturated rings. The van der Waals surface area contributed by atoms with Gasteiger partial charge in [-0.25, -0.2) is 4.79 Å². The number of rotatable bonds is 15. The molecule has 0 aliphatic carbocycles. The van der Waals surface area contributed by atoms with Crippen LogP contribution in [0.3, 0.4) is 0 Å². The zero-order chi connectivity index (χ0) is 40.2. The molecule has 0 aromatic heterocycles. The van der Waals surface area contributed by atoms with Gasteiger partial charge in [0.25, 0.3) is 0 Å². The molecule has 4 aliphatic heterocycles. The van der Waals surface area contributed by atoms with Crippen molar-refractivity contribution in [3.05, 3.63) is 0 Å². The molecule has 0 amide bonds. The van der Waals surface area contributed by atoms with Crippen LogP contribution in [0.2, 0.25) is 0 Å². The first kappa shape index (κ1) is 45.7. The van der Waals surface area contributed by atoms with E-state index in [1.54, 1.807) is 6.92 Å². The number of esters is 1. The smallest absolute Gasteiger partial charge is 0.348 e. The molecule has 21 atom stereocenters. The predicted octanol–water partition coefficient (Wildman–Crippen LogP) is -8.08. The molecular weight excluding hydrogens is 760 g/mol. The molecule has 54 heavy (non-hydrogen) atoms. The van der Waals surface area contributed by atoms with Crippen LogP contribution in [0.15, 0.2) is 0 Å². The molecule has 0 radical (unpaired) electrons. The number of thioether (sulfide) groups is 1. The standard InChI is InChI=1S/C30H52O23S/c1-4-54-30(2,29(44)45-3)53-28-22(43)18(39)24(11(7-33)49-28)52-27-21(42)17(38)23(10(6-32)48-27)51-26-20(41)16(37)14(35)12(50-26)8-46-25-19(40)15(36)13(34)9(5-31)47-25/h9-28,31-43H,4-8H2,1-3H3/t9-,10-,11-,12-,13-,14-,15+,16+,17-,18-,19-,20-,21-,22-,23-,24-,25+,26-,27-,28+,30?/m1/s1. The summed E-state index contributed by atoms with van der Waals surface area (Å²) >= 11 is 0.997. The van der Waals surface area contributed by atoms with Crippen LogP contribution in [0.5, 0.6) is 0 Å². The summed E-state index contributed by atoms with van der Waals surface area (Å²) in [6, 6.07) is 0. The van der Waals surface area contributed by atoms with Gasteiger partial charge in [0.15, 0.2) is 25.2 Å². The summed E-state index contributed by atoms with van der Waals surface area (Å²) in [5.74, 6) is -0.455. The maximum atomic E-state index is 12.4. The van der Waals surface area contributed by atoms with Gasteiger partial charge in [-0.2, -0.15) is 0 Å². The van der Waals surface area contributed by atoms with Crippen LogP contribution in [-0.2, 0) is 47.4 Å². The lowest BCUT2D eigenvalue weighted by Gasteiger charge is -2.48. The van der Waals surface area contributed by atoms with Crippen molar-refractivity contribution in [3.8, 4) is 0 Å². The summed E-state index contributed by atoms with van der Waals surface area (Å²) in [6.07, 6.45) is -35.5. The highest BCUT2D eigenvalue weighted by Crippen LogP contribution is 2.36. The lowest BCUT2D eigenvalue weighted by Crippen LogP contribution is -2.67. The van der Waals surface area contributed by atoms with Gasteiger partial charge in [-0.05, 0) is 12.7 Å². The summed E-state index contributed by atoms with van der Waals surface area (Å²) in [6.45, 7) is -0.160. The number of ether oxygens (including phenoxy) is 9. The first-order valence-electron chi connectivity index (χ1n) is 17.1. The molecule has 4 aliphatic rings. The number of carbonyl (C=O) groups is 1. The molecule has 0 aromatic carbocycles. The number of aliphatic hydroxyl groups excluding tert-OH is 13. The zero-order valence-electron chi connectivity index (χ0n) is 29.4. The maximum absolute atomic E-state index is 12.4. The highest BCUT2D eigenvalue weighted by atomic mass is 32.2. The monoisotopic (exact) mass is 812 g/mol. The molecule has 13 N–H and O–H groups in total. The Balaban J connectivity index is 1.42. The average Bonchev–Trinajstić information content (AvgIpc) is 3.16. The van der Waals surface area contributed by atoms with Gasteiger partial charge in [-0.15, -0.1) is 11.8 Å². The molecule has 0 bridgehead atoms. The first-order valence-corrected chi connectivity index (χ1v) is 18.0. The van der Waals surface area contributed by atoms with E-state index in [1.807, 2.05) is 0 Å². The normalized spacial score (nSPS) is 47.2. The van der Waals surface area contributed by atoms with E-state index in [-0.39, 0.29) is 0 Å². The lowest BCUT2D eigenvalue weighted by molar-refractivity contribution is -0.382. The Labute approximate surface area is 312 Å². The van der Waals surface area contributed by atoms with Crippen molar-refractivity contribution in [1.82, 2.24) is 0 Å². The van der Waals surface area contributed by atoms with Crippen LogP contribution in [0, 0.1) is 0 Å². The second-order valence-corrected chi connectivity index (χ2v) is 14.8. The van der Waals surface area contributed by atoms with E-state index >= 15 is 0 Å². The van der Waals surface area contributed by atoms with E-state index in [4.69, 9.17) is 42.6 Å². The van der Waals surface area contributed by atoms with Gasteiger partial charge in [0.2, 0.25) is 4.93 Å². The van der Waals surface area contributed by atoms with E-state index < -0.39 is 160 Å². The van der Waals surface area contributed by atoms with Gasteiger partial charge in [-0.1, -0.05) is 6.92 Å². The predicted molar refractivity (Wildman–Crippen MR) is 171 cm³/mol. The molecule has 0 aromatic rings. The highest BCUT2D eigenvalue weighted by molar-refractivity contribution is 8.01. The Morgan fingerprint density at radius 3 is 1.46 bits per heavy atom. The minimum absolute atomic E-state index is 0.372. The maximum Gasteiger partial charge on any atom is 0.348 e. The van der Waals surface area contributed by atoms with Crippen molar-refractivity contribution in [2.45, 2.75) is 142 Å². The quantitative estimate of drug-likeness (QED) is 0.0539. The van der Waals surface area contributed by atoms with E-state index in [9.17, 15) is 71.2 Å². The average molecular weight is 813 g/mol. The molecule has 24 heteroatoms. The van der Waals surface area contributed by atoms with Crippen molar-refractivity contribution in [2.75, 3.05) is 39.3 Å². The van der Waals surface area contributed by atoms with Gasteiger partial charge in [-0.3, -0.25) is 0 Å². The van der Waals surface area contributed by atoms with Gasteiger partial charge >= 0.3 is 5.97 Å². The molecule has 4 rings (SSSR count). The van der Waals surface area contributed by atoms with Crippen molar-refractivity contribution in [1.29, 1.82) is 0 Å². The van der Waals surface area contributed by atoms with Crippen LogP contribution < -0.4 is 0 Å². The van der Waals surface area contributed by atoms with Crippen LogP contribution in [0.1, 0.15) is 13.8 Å². The van der Waals surface area contributed by atoms with Crippen molar-refractivity contribution >= 4 is 17.7 Å². The number of hydrogen-bond acceptors (Lipinski definition) is 24. The minimum atomic E-state index is -2.06. The van der Waals surface area contributed by atoms with E-state index in [0.29, 0.717) is 5.75 Å².